The number of nitrogens with zero attached hydrogens (tertiary/aromatic N) is 1. The number of hydrogen-bond donors (Lipinski definition) is 2. The molecule has 1 aliphatic heterocycles. The maximum atomic E-state index is 10.4. The van der Waals surface area contributed by atoms with Crippen LogP contribution in [0.25, 0.3) is 0 Å². The molecule has 1 rings (SSSR count). The van der Waals surface area contributed by atoms with Crippen LogP contribution in [0.3, 0.4) is 0 Å². The van der Waals surface area contributed by atoms with Gasteiger partial charge in [-0.1, -0.05) is 0 Å². The molecule has 0 saturated carbocycles. The minimum Gasteiger partial charge on any atom is -0.478 e. The van der Waals surface area contributed by atoms with E-state index in [1.807, 2.05) is 0 Å². The fourth-order valence-electron chi connectivity index (χ4n) is 0.762. The van der Waals surface area contributed by atoms with Crippen LogP contribution in [-0.4, -0.2) is 34.4 Å². The van der Waals surface area contributed by atoms with Crippen molar-refractivity contribution in [3.63, 3.8) is 0 Å². The first-order valence-electron chi connectivity index (χ1n) is 3.14. The van der Waals surface area contributed by atoms with Gasteiger partial charge < -0.3 is 15.1 Å². The Bertz CT molecular complexity index is 232. The third-order valence-electron chi connectivity index (χ3n) is 1.48. The molecule has 0 aromatic carbocycles. The summed E-state index contributed by atoms with van der Waals surface area (Å²) in [5.74, 6) is -1.02. The first kappa shape index (κ1) is 7.81. The quantitative estimate of drug-likeness (QED) is 0.549. The molecule has 1 heterocycles. The molecule has 0 fully saturated rings. The second kappa shape index (κ2) is 2.75. The molecule has 4 heteroatoms. The third kappa shape index (κ3) is 1.59. The Hall–Kier alpha value is -1.29. The molecule has 1 unspecified atom stereocenters. The van der Waals surface area contributed by atoms with E-state index in [2.05, 4.69) is 0 Å². The highest BCUT2D eigenvalue weighted by molar-refractivity contribution is 5.90. The van der Waals surface area contributed by atoms with Crippen molar-refractivity contribution in [2.75, 3.05) is 7.05 Å². The lowest BCUT2D eigenvalue weighted by Crippen LogP contribution is -2.27. The highest BCUT2D eigenvalue weighted by Crippen LogP contribution is 2.09. The lowest BCUT2D eigenvalue weighted by Gasteiger charge is -2.22. The molecule has 4 nitrogen and oxygen atoms in total. The van der Waals surface area contributed by atoms with Gasteiger partial charge in [0.25, 0.3) is 0 Å². The SMILES string of the molecule is CN1C=CC(C(=O)O)=CC1O. The fourth-order valence-corrected chi connectivity index (χ4v) is 0.762. The van der Waals surface area contributed by atoms with Gasteiger partial charge in [0, 0.05) is 13.2 Å². The predicted molar refractivity (Wildman–Crippen MR) is 38.6 cm³/mol. The highest BCUT2D eigenvalue weighted by Gasteiger charge is 2.13. The van der Waals surface area contributed by atoms with E-state index in [0.717, 1.165) is 0 Å². The standard InChI is InChI=1S/C7H9NO3/c1-8-3-2-5(7(10)11)4-6(8)9/h2-4,6,9H,1H3,(H,10,11). The highest BCUT2D eigenvalue weighted by atomic mass is 16.4. The van der Waals surface area contributed by atoms with Crippen LogP contribution in [0.15, 0.2) is 23.9 Å². The number of rotatable bonds is 1. The minimum atomic E-state index is -1.02. The van der Waals surface area contributed by atoms with Gasteiger partial charge >= 0.3 is 5.97 Å². The molecule has 0 saturated heterocycles. The van der Waals surface area contributed by atoms with E-state index < -0.39 is 12.2 Å². The van der Waals surface area contributed by atoms with Crippen LogP contribution in [0.1, 0.15) is 0 Å². The Morgan fingerprint density at radius 2 is 2.36 bits per heavy atom. The zero-order valence-electron chi connectivity index (χ0n) is 6.06. The second-order valence-corrected chi connectivity index (χ2v) is 2.32. The molecule has 11 heavy (non-hydrogen) atoms. The number of aliphatic hydroxyl groups excluding tert-OH is 1. The average molecular weight is 155 g/mol. The molecular weight excluding hydrogens is 146 g/mol. The Morgan fingerprint density at radius 1 is 1.73 bits per heavy atom. The van der Waals surface area contributed by atoms with Crippen LogP contribution in [0.5, 0.6) is 0 Å². The summed E-state index contributed by atoms with van der Waals surface area (Å²) < 4.78 is 0. The summed E-state index contributed by atoms with van der Waals surface area (Å²) in [6.07, 6.45) is 3.41. The van der Waals surface area contributed by atoms with Crippen molar-refractivity contribution in [3.8, 4) is 0 Å². The second-order valence-electron chi connectivity index (χ2n) is 2.32. The van der Waals surface area contributed by atoms with Crippen molar-refractivity contribution in [1.29, 1.82) is 0 Å². The summed E-state index contributed by atoms with van der Waals surface area (Å²) in [7, 11) is 1.66. The van der Waals surface area contributed by atoms with Gasteiger partial charge in [0.1, 0.15) is 6.23 Å². The molecule has 1 atom stereocenters. The molecule has 0 aromatic rings. The van der Waals surface area contributed by atoms with Crippen molar-refractivity contribution < 1.29 is 15.0 Å². The van der Waals surface area contributed by atoms with E-state index in [4.69, 9.17) is 10.2 Å². The van der Waals surface area contributed by atoms with Crippen molar-refractivity contribution in [2.45, 2.75) is 6.23 Å². The van der Waals surface area contributed by atoms with Gasteiger partial charge in [-0.05, 0) is 12.2 Å². The van der Waals surface area contributed by atoms with Crippen molar-refractivity contribution in [2.24, 2.45) is 0 Å². The van der Waals surface area contributed by atoms with Gasteiger partial charge in [-0.15, -0.1) is 0 Å². The Balaban J connectivity index is 2.80. The topological polar surface area (TPSA) is 60.8 Å². The molecule has 1 aliphatic rings. The molecule has 0 aromatic heterocycles. The molecule has 0 spiro atoms. The molecule has 60 valence electrons. The van der Waals surface area contributed by atoms with E-state index in [-0.39, 0.29) is 5.57 Å². The molecule has 0 aliphatic carbocycles. The van der Waals surface area contributed by atoms with Crippen LogP contribution in [0, 0.1) is 0 Å². The summed E-state index contributed by atoms with van der Waals surface area (Å²) in [5, 5.41) is 17.6. The number of hydrogen-bond acceptors (Lipinski definition) is 3. The number of carbonyl (C=O) groups is 1. The zero-order chi connectivity index (χ0) is 8.43. The summed E-state index contributed by atoms with van der Waals surface area (Å²) >= 11 is 0. The third-order valence-corrected chi connectivity index (χ3v) is 1.48. The molecule has 0 radical (unpaired) electrons. The maximum Gasteiger partial charge on any atom is 0.335 e. The smallest absolute Gasteiger partial charge is 0.335 e. The summed E-state index contributed by atoms with van der Waals surface area (Å²) in [5.41, 5.74) is 0.121. The van der Waals surface area contributed by atoms with Gasteiger partial charge in [-0.25, -0.2) is 4.79 Å². The van der Waals surface area contributed by atoms with Crippen LogP contribution in [0.4, 0.5) is 0 Å². The number of likely N-dealkylation sites (N-methyl/N-ethyl adjacent to an activating group) is 1. The van der Waals surface area contributed by atoms with Gasteiger partial charge in [-0.2, -0.15) is 0 Å². The number of carboxylic acid groups (broad SMARTS) is 1. The van der Waals surface area contributed by atoms with Crippen molar-refractivity contribution >= 4 is 5.97 Å². The Kier molecular flexibility index (Phi) is 1.96. The van der Waals surface area contributed by atoms with Crippen LogP contribution >= 0.6 is 0 Å². The predicted octanol–water partition coefficient (Wildman–Crippen LogP) is -0.225. The van der Waals surface area contributed by atoms with Gasteiger partial charge in [0.05, 0.1) is 5.57 Å². The van der Waals surface area contributed by atoms with Crippen molar-refractivity contribution in [1.82, 2.24) is 4.90 Å². The number of aliphatic hydroxyl groups is 1. The van der Waals surface area contributed by atoms with E-state index in [1.54, 1.807) is 7.05 Å². The summed E-state index contributed by atoms with van der Waals surface area (Å²) in [4.78, 5) is 11.9. The normalized spacial score (nSPS) is 23.3. The number of aliphatic carboxylic acids is 1. The lowest BCUT2D eigenvalue weighted by molar-refractivity contribution is -0.132. The summed E-state index contributed by atoms with van der Waals surface area (Å²) in [6, 6.07) is 0. The molecule has 0 bridgehead atoms. The van der Waals surface area contributed by atoms with Crippen molar-refractivity contribution in [3.05, 3.63) is 23.9 Å². The average Bonchev–Trinajstić information content (AvgIpc) is 1.94. The van der Waals surface area contributed by atoms with Gasteiger partial charge in [0.2, 0.25) is 0 Å². The van der Waals surface area contributed by atoms with E-state index in [1.165, 1.54) is 23.3 Å². The summed E-state index contributed by atoms with van der Waals surface area (Å²) in [6.45, 7) is 0. The van der Waals surface area contributed by atoms with Gasteiger partial charge in [-0.3, -0.25) is 0 Å². The molecule has 0 amide bonds. The van der Waals surface area contributed by atoms with Crippen LogP contribution in [-0.2, 0) is 4.79 Å². The maximum absolute atomic E-state index is 10.4. The molecular formula is C7H9NO3. The van der Waals surface area contributed by atoms with Crippen LogP contribution < -0.4 is 0 Å². The Morgan fingerprint density at radius 3 is 2.82 bits per heavy atom. The largest absolute Gasteiger partial charge is 0.478 e. The fraction of sp³-hybridized carbons (Fsp3) is 0.286. The first-order valence-corrected chi connectivity index (χ1v) is 3.14. The van der Waals surface area contributed by atoms with E-state index in [0.29, 0.717) is 0 Å². The lowest BCUT2D eigenvalue weighted by atomic mass is 10.2. The van der Waals surface area contributed by atoms with Gasteiger partial charge in [0.15, 0.2) is 0 Å². The van der Waals surface area contributed by atoms with E-state index >= 15 is 0 Å². The van der Waals surface area contributed by atoms with Crippen LogP contribution in [0.2, 0.25) is 0 Å². The Labute approximate surface area is 64.1 Å². The van der Waals surface area contributed by atoms with E-state index in [9.17, 15) is 4.79 Å². The first-order chi connectivity index (χ1) is 5.11. The number of carboxylic acids is 1. The minimum absolute atomic E-state index is 0.121. The monoisotopic (exact) mass is 155 g/mol. The molecule has 2 N–H and O–H groups in total. The zero-order valence-corrected chi connectivity index (χ0v) is 6.06.